The third-order valence-corrected chi connectivity index (χ3v) is 3.20. The Labute approximate surface area is 183 Å². The minimum absolute atomic E-state index is 0. The molecule has 0 aliphatic rings. The second-order valence-corrected chi connectivity index (χ2v) is 5.47. The minimum atomic E-state index is -5.00. The predicted octanol–water partition coefficient (Wildman–Crippen LogP) is 3.04. The molecular formula is C20H12F6MnO4. The van der Waals surface area contributed by atoms with Crippen LogP contribution in [0.2, 0.25) is 0 Å². The van der Waals surface area contributed by atoms with E-state index in [2.05, 4.69) is 0 Å². The fourth-order valence-electron chi connectivity index (χ4n) is 1.77. The van der Waals surface area contributed by atoms with E-state index in [9.17, 15) is 46.1 Å². The molecule has 4 nitrogen and oxygen atoms in total. The first kappa shape index (κ1) is 28.0. The number of allylic oxidation sites excluding steroid dienone is 2. The fourth-order valence-corrected chi connectivity index (χ4v) is 1.77. The topological polar surface area (TPSA) is 80.3 Å². The van der Waals surface area contributed by atoms with Crippen LogP contribution in [0.15, 0.2) is 72.8 Å². The van der Waals surface area contributed by atoms with Crippen molar-refractivity contribution in [1.29, 1.82) is 0 Å². The van der Waals surface area contributed by atoms with Gasteiger partial charge >= 0.3 is 29.4 Å². The molecule has 165 valence electrons. The van der Waals surface area contributed by atoms with Crippen LogP contribution < -0.4 is 10.2 Å². The maximum absolute atomic E-state index is 11.8. The largest absolute Gasteiger partial charge is 2.00 e. The van der Waals surface area contributed by atoms with Crippen LogP contribution >= 0.6 is 0 Å². The molecule has 0 spiro atoms. The van der Waals surface area contributed by atoms with Crippen molar-refractivity contribution in [3.05, 3.63) is 83.9 Å². The smallest absolute Gasteiger partial charge is 0.872 e. The van der Waals surface area contributed by atoms with Gasteiger partial charge in [-0.3, -0.25) is 9.59 Å². The molecule has 2 aromatic rings. The van der Waals surface area contributed by atoms with Crippen molar-refractivity contribution in [1.82, 2.24) is 0 Å². The third-order valence-electron chi connectivity index (χ3n) is 3.20. The van der Waals surface area contributed by atoms with Gasteiger partial charge in [-0.2, -0.15) is 26.3 Å². The zero-order valence-electron chi connectivity index (χ0n) is 15.2. The summed E-state index contributed by atoms with van der Waals surface area (Å²) in [6, 6.07) is 14.6. The monoisotopic (exact) mass is 485 g/mol. The Hall–Kier alpha value is -3.04. The second-order valence-electron chi connectivity index (χ2n) is 5.47. The Morgan fingerprint density at radius 2 is 0.871 bits per heavy atom. The molecule has 0 aliphatic carbocycles. The number of hydrogen-bond acceptors (Lipinski definition) is 4. The first-order valence-corrected chi connectivity index (χ1v) is 7.93. The van der Waals surface area contributed by atoms with Crippen LogP contribution in [0.4, 0.5) is 26.3 Å². The van der Waals surface area contributed by atoms with Crippen LogP contribution in [-0.4, -0.2) is 23.9 Å². The van der Waals surface area contributed by atoms with E-state index in [1.807, 2.05) is 0 Å². The van der Waals surface area contributed by atoms with E-state index < -0.39 is 35.4 Å². The van der Waals surface area contributed by atoms with Crippen molar-refractivity contribution in [3.8, 4) is 0 Å². The molecule has 11 heteroatoms. The Bertz CT molecular complexity index is 843. The SMILES string of the molecule is O=C(/C=C(\[O-])c1ccccc1)C(F)(F)F.O=C(/C=C(\[O-])c1ccccc1)C(F)(F)F.[Mn+2]. The zero-order chi connectivity index (χ0) is 22.9. The summed E-state index contributed by atoms with van der Waals surface area (Å²) in [5.74, 6) is -6.18. The Kier molecular flexibility index (Phi) is 10.8. The summed E-state index contributed by atoms with van der Waals surface area (Å²) in [7, 11) is 0. The molecule has 0 fully saturated rings. The summed E-state index contributed by atoms with van der Waals surface area (Å²) >= 11 is 0. The quantitative estimate of drug-likeness (QED) is 0.289. The fraction of sp³-hybridized carbons (Fsp3) is 0.100. The number of alkyl halides is 6. The molecule has 0 unspecified atom stereocenters. The molecule has 0 atom stereocenters. The average Bonchev–Trinajstić information content (AvgIpc) is 2.68. The molecule has 0 amide bonds. The summed E-state index contributed by atoms with van der Waals surface area (Å²) in [6.07, 6.45) is -9.89. The van der Waals surface area contributed by atoms with Crippen molar-refractivity contribution >= 4 is 23.1 Å². The summed E-state index contributed by atoms with van der Waals surface area (Å²) in [5.41, 5.74) is 0.102. The van der Waals surface area contributed by atoms with E-state index in [1.54, 1.807) is 12.1 Å². The molecule has 2 aromatic carbocycles. The van der Waals surface area contributed by atoms with Crippen molar-refractivity contribution in [2.45, 2.75) is 12.4 Å². The number of ketones is 2. The van der Waals surface area contributed by atoms with Crippen molar-refractivity contribution in [2.24, 2.45) is 0 Å². The Morgan fingerprint density at radius 3 is 1.10 bits per heavy atom. The van der Waals surface area contributed by atoms with Gasteiger partial charge in [0.15, 0.2) is 0 Å². The van der Waals surface area contributed by atoms with Crippen molar-refractivity contribution in [3.63, 3.8) is 0 Å². The number of rotatable bonds is 4. The van der Waals surface area contributed by atoms with Crippen LogP contribution in [0.5, 0.6) is 0 Å². The molecule has 31 heavy (non-hydrogen) atoms. The van der Waals surface area contributed by atoms with Crippen LogP contribution in [-0.2, 0) is 26.7 Å². The van der Waals surface area contributed by atoms with Crippen LogP contribution in [0.25, 0.3) is 11.5 Å². The molecule has 2 rings (SSSR count). The van der Waals surface area contributed by atoms with Gasteiger partial charge in [0.2, 0.25) is 0 Å². The molecule has 0 saturated carbocycles. The van der Waals surface area contributed by atoms with Gasteiger partial charge in [0.1, 0.15) is 0 Å². The molecular weight excluding hydrogens is 473 g/mol. The van der Waals surface area contributed by atoms with Gasteiger partial charge in [0.25, 0.3) is 11.6 Å². The minimum Gasteiger partial charge on any atom is -0.872 e. The molecule has 0 aliphatic heterocycles. The number of halogens is 6. The summed E-state index contributed by atoms with van der Waals surface area (Å²) in [5, 5.41) is 22.3. The van der Waals surface area contributed by atoms with Crippen LogP contribution in [0.1, 0.15) is 11.1 Å². The van der Waals surface area contributed by atoms with Crippen molar-refractivity contribution in [2.75, 3.05) is 0 Å². The van der Waals surface area contributed by atoms with E-state index in [4.69, 9.17) is 0 Å². The van der Waals surface area contributed by atoms with E-state index in [0.717, 1.165) is 0 Å². The second kappa shape index (κ2) is 12.0. The van der Waals surface area contributed by atoms with E-state index >= 15 is 0 Å². The van der Waals surface area contributed by atoms with Crippen molar-refractivity contribution < 1.29 is 63.2 Å². The maximum Gasteiger partial charge on any atom is 2.00 e. The first-order valence-electron chi connectivity index (χ1n) is 7.93. The van der Waals surface area contributed by atoms with Gasteiger partial charge in [-0.15, -0.1) is 0 Å². The van der Waals surface area contributed by atoms with Gasteiger partial charge < -0.3 is 10.2 Å². The molecule has 0 heterocycles. The van der Waals surface area contributed by atoms with Gasteiger partial charge in [-0.05, 0) is 23.3 Å². The number of carbonyl (C=O) groups is 2. The Balaban J connectivity index is 0.000000562. The summed E-state index contributed by atoms with van der Waals surface area (Å²) in [4.78, 5) is 20.9. The average molecular weight is 485 g/mol. The number of hydrogen-bond donors (Lipinski definition) is 0. The Morgan fingerprint density at radius 1 is 0.613 bits per heavy atom. The van der Waals surface area contributed by atoms with E-state index in [0.29, 0.717) is 0 Å². The number of carbonyl (C=O) groups excluding carboxylic acids is 2. The summed E-state index contributed by atoms with van der Waals surface area (Å²) in [6.45, 7) is 0. The molecule has 0 N–H and O–H groups in total. The first-order chi connectivity index (χ1) is 13.8. The van der Waals surface area contributed by atoms with E-state index in [1.165, 1.54) is 48.5 Å². The maximum atomic E-state index is 11.8. The molecule has 0 saturated heterocycles. The molecule has 0 bridgehead atoms. The third kappa shape index (κ3) is 10.0. The van der Waals surface area contributed by atoms with E-state index in [-0.39, 0.29) is 40.3 Å². The summed E-state index contributed by atoms with van der Waals surface area (Å²) < 4.78 is 70.8. The standard InChI is InChI=1S/2C10H7F3O2.Mn/c2*11-10(12,13)9(15)6-8(14)7-4-2-1-3-5-7;/h2*1-6,14H;/q;;+2/p-2/b2*8-6-;. The predicted molar refractivity (Wildman–Crippen MR) is 91.0 cm³/mol. The van der Waals surface area contributed by atoms with Gasteiger partial charge in [0.05, 0.1) is 0 Å². The van der Waals surface area contributed by atoms with Crippen LogP contribution in [0.3, 0.4) is 0 Å². The van der Waals surface area contributed by atoms with Gasteiger partial charge in [-0.1, -0.05) is 72.2 Å². The van der Waals surface area contributed by atoms with Gasteiger partial charge in [0, 0.05) is 0 Å². The zero-order valence-corrected chi connectivity index (χ0v) is 16.4. The molecule has 1 radical (unpaired) electrons. The van der Waals surface area contributed by atoms with Crippen LogP contribution in [0, 0.1) is 0 Å². The normalized spacial score (nSPS) is 12.2. The molecule has 0 aromatic heterocycles. The number of benzene rings is 2. The van der Waals surface area contributed by atoms with Gasteiger partial charge in [-0.25, -0.2) is 0 Å².